The number of rotatable bonds is 4. The fraction of sp³-hybridized carbons (Fsp3) is 0.500. The van der Waals surface area contributed by atoms with E-state index in [2.05, 4.69) is 27.6 Å². The van der Waals surface area contributed by atoms with E-state index in [1.165, 1.54) is 12.1 Å². The molecule has 0 aliphatic heterocycles. The summed E-state index contributed by atoms with van der Waals surface area (Å²) in [6.07, 6.45) is 2.04. The van der Waals surface area contributed by atoms with Crippen molar-refractivity contribution < 1.29 is 18.3 Å². The Morgan fingerprint density at radius 3 is 2.29 bits per heavy atom. The van der Waals surface area contributed by atoms with Crippen molar-refractivity contribution in [2.45, 2.75) is 43.0 Å². The third kappa shape index (κ3) is 3.64. The van der Waals surface area contributed by atoms with Gasteiger partial charge in [0.25, 0.3) is 0 Å². The van der Waals surface area contributed by atoms with Crippen LogP contribution in [0.4, 0.5) is 0 Å². The van der Waals surface area contributed by atoms with E-state index in [1.807, 2.05) is 0 Å². The van der Waals surface area contributed by atoms with Crippen LogP contribution in [-0.4, -0.2) is 25.0 Å². The van der Waals surface area contributed by atoms with Crippen LogP contribution in [0.25, 0.3) is 0 Å². The summed E-state index contributed by atoms with van der Waals surface area (Å²) in [7, 11) is -3.85. The number of carbonyl (C=O) groups is 1. The van der Waals surface area contributed by atoms with Gasteiger partial charge in [-0.2, -0.15) is 4.72 Å². The van der Waals surface area contributed by atoms with E-state index in [0.29, 0.717) is 31.6 Å². The van der Waals surface area contributed by atoms with Crippen molar-refractivity contribution in [3.05, 3.63) is 28.7 Å². The van der Waals surface area contributed by atoms with E-state index in [0.717, 1.165) is 4.47 Å². The summed E-state index contributed by atoms with van der Waals surface area (Å²) in [6.45, 7) is 2.05. The Labute approximate surface area is 132 Å². The molecule has 0 radical (unpaired) electrons. The molecule has 0 aromatic heterocycles. The molecule has 2 N–H and O–H groups in total. The summed E-state index contributed by atoms with van der Waals surface area (Å²) in [5.74, 6) is -0.676. The van der Waals surface area contributed by atoms with Gasteiger partial charge in [0.1, 0.15) is 5.54 Å². The number of hydrogen-bond acceptors (Lipinski definition) is 3. The number of benzene rings is 1. The Kier molecular flexibility index (Phi) is 4.75. The fourth-order valence-corrected chi connectivity index (χ4v) is 4.23. The number of aliphatic carboxylic acids is 1. The smallest absolute Gasteiger partial charge is 0.324 e. The molecule has 5 nitrogen and oxygen atoms in total. The number of carboxylic acids is 1. The molecule has 0 bridgehead atoms. The molecule has 1 aliphatic rings. The van der Waals surface area contributed by atoms with Gasteiger partial charge in [-0.1, -0.05) is 22.9 Å². The highest BCUT2D eigenvalue weighted by Crippen LogP contribution is 2.33. The Morgan fingerprint density at radius 2 is 1.81 bits per heavy atom. The minimum atomic E-state index is -3.85. The van der Waals surface area contributed by atoms with Gasteiger partial charge in [-0.15, -0.1) is 0 Å². The maximum atomic E-state index is 12.4. The van der Waals surface area contributed by atoms with E-state index in [4.69, 9.17) is 0 Å². The highest BCUT2D eigenvalue weighted by Gasteiger charge is 2.44. The van der Waals surface area contributed by atoms with Crippen molar-refractivity contribution in [2.24, 2.45) is 5.92 Å². The van der Waals surface area contributed by atoms with Crippen LogP contribution in [0.5, 0.6) is 0 Å². The second-order valence-corrected chi connectivity index (χ2v) is 8.23. The van der Waals surface area contributed by atoms with Crippen LogP contribution < -0.4 is 4.72 Å². The van der Waals surface area contributed by atoms with Crippen molar-refractivity contribution in [3.8, 4) is 0 Å². The quantitative estimate of drug-likeness (QED) is 0.847. The molecule has 0 unspecified atom stereocenters. The first-order chi connectivity index (χ1) is 9.75. The average molecular weight is 376 g/mol. The number of sulfonamides is 1. The standard InChI is InChI=1S/C14H18BrNO4S/c1-10-6-8-14(9-7-10,13(17)18)16-21(19,20)12-4-2-11(15)3-5-12/h2-5,10,16H,6-9H2,1H3,(H,17,18). The molecular formula is C14H18BrNO4S. The molecule has 7 heteroatoms. The molecule has 1 aromatic rings. The van der Waals surface area contributed by atoms with Gasteiger partial charge < -0.3 is 5.11 Å². The number of carboxylic acid groups (broad SMARTS) is 1. The van der Waals surface area contributed by atoms with E-state index in [1.54, 1.807) is 12.1 Å². The predicted octanol–water partition coefficient (Wildman–Crippen LogP) is 2.76. The Hall–Kier alpha value is -0.920. The lowest BCUT2D eigenvalue weighted by molar-refractivity contribution is -0.145. The summed E-state index contributed by atoms with van der Waals surface area (Å²) in [4.78, 5) is 11.7. The number of hydrogen-bond donors (Lipinski definition) is 2. The summed E-state index contributed by atoms with van der Waals surface area (Å²) in [6, 6.07) is 6.14. The maximum Gasteiger partial charge on any atom is 0.324 e. The highest BCUT2D eigenvalue weighted by atomic mass is 79.9. The lowest BCUT2D eigenvalue weighted by Gasteiger charge is -2.36. The molecule has 0 heterocycles. The van der Waals surface area contributed by atoms with Crippen molar-refractivity contribution in [2.75, 3.05) is 0 Å². The van der Waals surface area contributed by atoms with Gasteiger partial charge in [-0.3, -0.25) is 4.79 Å². The fourth-order valence-electron chi connectivity index (χ4n) is 2.54. The zero-order valence-corrected chi connectivity index (χ0v) is 14.1. The predicted molar refractivity (Wildman–Crippen MR) is 82.5 cm³/mol. The van der Waals surface area contributed by atoms with Crippen LogP contribution in [0, 0.1) is 5.92 Å². The molecule has 0 atom stereocenters. The molecular weight excluding hydrogens is 358 g/mol. The number of halogens is 1. The third-order valence-electron chi connectivity index (χ3n) is 3.99. The molecule has 0 saturated heterocycles. The Morgan fingerprint density at radius 1 is 1.29 bits per heavy atom. The second-order valence-electron chi connectivity index (χ2n) is 5.63. The molecule has 1 saturated carbocycles. The summed E-state index contributed by atoms with van der Waals surface area (Å²) in [5, 5.41) is 9.49. The summed E-state index contributed by atoms with van der Waals surface area (Å²) >= 11 is 3.24. The molecule has 0 amide bonds. The van der Waals surface area contributed by atoms with Crippen LogP contribution in [0.15, 0.2) is 33.6 Å². The molecule has 116 valence electrons. The first kappa shape index (κ1) is 16.5. The van der Waals surface area contributed by atoms with Crippen molar-refractivity contribution in [1.29, 1.82) is 0 Å². The largest absolute Gasteiger partial charge is 0.480 e. The monoisotopic (exact) mass is 375 g/mol. The topological polar surface area (TPSA) is 83.5 Å². The molecule has 2 rings (SSSR count). The minimum Gasteiger partial charge on any atom is -0.480 e. The lowest BCUT2D eigenvalue weighted by Crippen LogP contribution is -2.56. The lowest BCUT2D eigenvalue weighted by atomic mass is 9.78. The molecule has 1 aromatic carbocycles. The van der Waals surface area contributed by atoms with Crippen molar-refractivity contribution in [3.63, 3.8) is 0 Å². The van der Waals surface area contributed by atoms with Crippen LogP contribution in [0.1, 0.15) is 32.6 Å². The molecule has 1 aliphatic carbocycles. The summed E-state index contributed by atoms with van der Waals surface area (Å²) in [5.41, 5.74) is -1.39. The van der Waals surface area contributed by atoms with Crippen LogP contribution in [-0.2, 0) is 14.8 Å². The zero-order valence-electron chi connectivity index (χ0n) is 11.7. The molecule has 21 heavy (non-hydrogen) atoms. The van der Waals surface area contributed by atoms with Gasteiger partial charge in [0, 0.05) is 4.47 Å². The van der Waals surface area contributed by atoms with Crippen LogP contribution in [0.2, 0.25) is 0 Å². The van der Waals surface area contributed by atoms with Gasteiger partial charge in [-0.05, 0) is 55.9 Å². The van der Waals surface area contributed by atoms with Gasteiger partial charge in [0.05, 0.1) is 4.90 Å². The average Bonchev–Trinajstić information content (AvgIpc) is 2.41. The van der Waals surface area contributed by atoms with E-state index >= 15 is 0 Å². The normalized spacial score (nSPS) is 26.5. The van der Waals surface area contributed by atoms with Gasteiger partial charge >= 0.3 is 5.97 Å². The zero-order chi connectivity index (χ0) is 15.7. The van der Waals surface area contributed by atoms with Crippen molar-refractivity contribution in [1.82, 2.24) is 4.72 Å². The van der Waals surface area contributed by atoms with Gasteiger partial charge in [-0.25, -0.2) is 8.42 Å². The maximum absolute atomic E-state index is 12.4. The highest BCUT2D eigenvalue weighted by molar-refractivity contribution is 9.10. The Balaban J connectivity index is 2.28. The first-order valence-corrected chi connectivity index (χ1v) is 9.06. The Bertz CT molecular complexity index is 619. The number of nitrogens with one attached hydrogen (secondary N) is 1. The minimum absolute atomic E-state index is 0.0740. The SMILES string of the molecule is CC1CCC(NS(=O)(=O)c2ccc(Br)cc2)(C(=O)O)CC1. The third-order valence-corrected chi connectivity index (χ3v) is 6.07. The summed E-state index contributed by atoms with van der Waals surface area (Å²) < 4.78 is 28.0. The second kappa shape index (κ2) is 6.06. The molecule has 1 fully saturated rings. The van der Waals surface area contributed by atoms with E-state index in [9.17, 15) is 18.3 Å². The van der Waals surface area contributed by atoms with E-state index < -0.39 is 21.5 Å². The van der Waals surface area contributed by atoms with Gasteiger partial charge in [0.15, 0.2) is 0 Å². The van der Waals surface area contributed by atoms with Crippen LogP contribution >= 0.6 is 15.9 Å². The van der Waals surface area contributed by atoms with Crippen LogP contribution in [0.3, 0.4) is 0 Å². The van der Waals surface area contributed by atoms with E-state index in [-0.39, 0.29) is 4.90 Å². The molecule has 0 spiro atoms. The van der Waals surface area contributed by atoms with Gasteiger partial charge in [0.2, 0.25) is 10.0 Å². The van der Waals surface area contributed by atoms with Crippen molar-refractivity contribution >= 4 is 31.9 Å². The first-order valence-electron chi connectivity index (χ1n) is 6.78.